The Balaban J connectivity index is 1.49. The van der Waals surface area contributed by atoms with E-state index in [2.05, 4.69) is 5.10 Å². The normalized spacial score (nSPS) is 12.9. The number of rotatable bonds is 3. The van der Waals surface area contributed by atoms with E-state index in [1.54, 1.807) is 11.0 Å². The summed E-state index contributed by atoms with van der Waals surface area (Å²) in [6.45, 7) is 0.557. The van der Waals surface area contributed by atoms with Gasteiger partial charge in [0.05, 0.1) is 5.69 Å². The van der Waals surface area contributed by atoms with Gasteiger partial charge in [0, 0.05) is 23.9 Å². The Bertz CT molecular complexity index is 1290. The van der Waals surface area contributed by atoms with Crippen molar-refractivity contribution >= 4 is 22.4 Å². The molecule has 0 N–H and O–H groups in total. The summed E-state index contributed by atoms with van der Waals surface area (Å²) in [7, 11) is 0. The van der Waals surface area contributed by atoms with Gasteiger partial charge in [0.25, 0.3) is 5.56 Å². The molecule has 0 saturated heterocycles. The fourth-order valence-corrected chi connectivity index (χ4v) is 3.97. The van der Waals surface area contributed by atoms with Crippen molar-refractivity contribution in [2.24, 2.45) is 0 Å². The lowest BCUT2D eigenvalue weighted by atomic mass is 10.0. The number of fused-ring (bicyclic) bond motifs is 2. The van der Waals surface area contributed by atoms with Gasteiger partial charge < -0.3 is 4.90 Å². The Morgan fingerprint density at radius 3 is 2.62 bits per heavy atom. The molecule has 1 aromatic heterocycles. The van der Waals surface area contributed by atoms with Crippen molar-refractivity contribution in [1.29, 1.82) is 0 Å². The molecule has 0 spiro atoms. The zero-order chi connectivity index (χ0) is 19.8. The highest BCUT2D eigenvalue weighted by Gasteiger charge is 2.24. The first-order valence-electron chi connectivity index (χ1n) is 9.65. The average Bonchev–Trinajstić information content (AvgIpc) is 3.19. The molecule has 5 nitrogen and oxygen atoms in total. The molecule has 142 valence electrons. The van der Waals surface area contributed by atoms with Crippen LogP contribution in [0.2, 0.25) is 0 Å². The van der Waals surface area contributed by atoms with Crippen LogP contribution in [0.25, 0.3) is 22.0 Å². The van der Waals surface area contributed by atoms with Crippen LogP contribution in [0.4, 0.5) is 5.69 Å². The number of amides is 1. The molecule has 3 aromatic carbocycles. The van der Waals surface area contributed by atoms with Crippen molar-refractivity contribution in [3.8, 4) is 11.3 Å². The molecule has 5 rings (SSSR count). The summed E-state index contributed by atoms with van der Waals surface area (Å²) in [6.07, 6.45) is 0.834. The maximum atomic E-state index is 12.9. The fraction of sp³-hybridized carbons (Fsp3) is 0.125. The number of hydrogen-bond acceptors (Lipinski definition) is 3. The van der Waals surface area contributed by atoms with Gasteiger partial charge in [-0.15, -0.1) is 0 Å². The van der Waals surface area contributed by atoms with Gasteiger partial charge in [-0.3, -0.25) is 9.59 Å². The van der Waals surface area contributed by atoms with Crippen molar-refractivity contribution in [3.63, 3.8) is 0 Å². The summed E-state index contributed by atoms with van der Waals surface area (Å²) < 4.78 is 1.26. The minimum absolute atomic E-state index is 0.0776. The lowest BCUT2D eigenvalue weighted by Crippen LogP contribution is -2.36. The summed E-state index contributed by atoms with van der Waals surface area (Å²) in [4.78, 5) is 27.1. The zero-order valence-corrected chi connectivity index (χ0v) is 15.8. The molecular formula is C24H19N3O2. The summed E-state index contributed by atoms with van der Waals surface area (Å²) in [5, 5.41) is 6.69. The molecule has 0 radical (unpaired) electrons. The molecule has 4 aromatic rings. The third-order valence-corrected chi connectivity index (χ3v) is 5.41. The van der Waals surface area contributed by atoms with E-state index in [1.807, 2.05) is 66.7 Å². The van der Waals surface area contributed by atoms with Crippen LogP contribution >= 0.6 is 0 Å². The van der Waals surface area contributed by atoms with Gasteiger partial charge in [-0.25, -0.2) is 4.68 Å². The van der Waals surface area contributed by atoms with Crippen LogP contribution in [-0.2, 0) is 17.8 Å². The van der Waals surface area contributed by atoms with Gasteiger partial charge in [-0.2, -0.15) is 5.10 Å². The van der Waals surface area contributed by atoms with Gasteiger partial charge in [0.15, 0.2) is 0 Å². The second-order valence-corrected chi connectivity index (χ2v) is 7.17. The Morgan fingerprint density at radius 1 is 0.897 bits per heavy atom. The van der Waals surface area contributed by atoms with E-state index < -0.39 is 0 Å². The quantitative estimate of drug-likeness (QED) is 0.544. The van der Waals surface area contributed by atoms with E-state index in [1.165, 1.54) is 10.7 Å². The van der Waals surface area contributed by atoms with Gasteiger partial charge >= 0.3 is 0 Å². The number of carbonyl (C=O) groups is 1. The lowest BCUT2D eigenvalue weighted by molar-refractivity contribution is -0.119. The molecule has 0 unspecified atom stereocenters. The summed E-state index contributed by atoms with van der Waals surface area (Å²) in [6, 6.07) is 25.1. The molecule has 0 saturated carbocycles. The molecule has 0 bridgehead atoms. The van der Waals surface area contributed by atoms with Gasteiger partial charge in [0.1, 0.15) is 6.54 Å². The van der Waals surface area contributed by atoms with Gasteiger partial charge in [0.2, 0.25) is 5.91 Å². The molecule has 0 fully saturated rings. The van der Waals surface area contributed by atoms with Crippen molar-refractivity contribution in [3.05, 3.63) is 94.8 Å². The fourth-order valence-electron chi connectivity index (χ4n) is 3.97. The molecular weight excluding hydrogens is 362 g/mol. The Morgan fingerprint density at radius 2 is 1.69 bits per heavy atom. The molecule has 0 atom stereocenters. The number of nitrogens with zero attached hydrogens (tertiary/aromatic N) is 3. The number of hydrogen-bond donors (Lipinski definition) is 0. The monoisotopic (exact) mass is 381 g/mol. The average molecular weight is 381 g/mol. The SMILES string of the molecule is O=C(Cn1nc(-c2cccc3ccccc23)ccc1=O)N1CCc2ccccc21. The second kappa shape index (κ2) is 7.02. The van der Waals surface area contributed by atoms with E-state index in [-0.39, 0.29) is 18.0 Å². The van der Waals surface area contributed by atoms with Crippen LogP contribution in [0.1, 0.15) is 5.56 Å². The van der Waals surface area contributed by atoms with Gasteiger partial charge in [-0.1, -0.05) is 60.7 Å². The van der Waals surface area contributed by atoms with E-state index >= 15 is 0 Å². The highest BCUT2D eigenvalue weighted by molar-refractivity contribution is 5.96. The third-order valence-electron chi connectivity index (χ3n) is 5.41. The van der Waals surface area contributed by atoms with E-state index in [0.717, 1.165) is 34.0 Å². The largest absolute Gasteiger partial charge is 0.310 e. The molecule has 2 heterocycles. The predicted molar refractivity (Wildman–Crippen MR) is 114 cm³/mol. The Hall–Kier alpha value is -3.73. The number of anilines is 1. The molecule has 29 heavy (non-hydrogen) atoms. The predicted octanol–water partition coefficient (Wildman–Crippen LogP) is 3.65. The summed E-state index contributed by atoms with van der Waals surface area (Å²) in [5.74, 6) is -0.125. The molecule has 1 aliphatic rings. The Labute approximate surface area is 167 Å². The number of carbonyl (C=O) groups excluding carboxylic acids is 1. The van der Waals surface area contributed by atoms with Crippen molar-refractivity contribution in [1.82, 2.24) is 9.78 Å². The highest BCUT2D eigenvalue weighted by Crippen LogP contribution is 2.28. The number of para-hydroxylation sites is 1. The van der Waals surface area contributed by atoms with Crippen molar-refractivity contribution in [2.75, 3.05) is 11.4 Å². The highest BCUT2D eigenvalue weighted by atomic mass is 16.2. The maximum Gasteiger partial charge on any atom is 0.267 e. The smallest absolute Gasteiger partial charge is 0.267 e. The number of benzene rings is 3. The van der Waals surface area contributed by atoms with Crippen molar-refractivity contribution in [2.45, 2.75) is 13.0 Å². The Kier molecular flexibility index (Phi) is 4.21. The lowest BCUT2D eigenvalue weighted by Gasteiger charge is -2.18. The van der Waals surface area contributed by atoms with Crippen LogP contribution < -0.4 is 10.5 Å². The maximum absolute atomic E-state index is 12.9. The first-order chi connectivity index (χ1) is 14.2. The van der Waals surface area contributed by atoms with E-state index in [9.17, 15) is 9.59 Å². The minimum atomic E-state index is -0.283. The van der Waals surface area contributed by atoms with E-state index in [0.29, 0.717) is 12.2 Å². The zero-order valence-electron chi connectivity index (χ0n) is 15.8. The number of aromatic nitrogens is 2. The minimum Gasteiger partial charge on any atom is -0.310 e. The molecule has 5 heteroatoms. The summed E-state index contributed by atoms with van der Waals surface area (Å²) in [5.41, 5.74) is 3.42. The van der Waals surface area contributed by atoms with E-state index in [4.69, 9.17) is 0 Å². The van der Waals surface area contributed by atoms with Crippen LogP contribution in [0.15, 0.2) is 83.7 Å². The first-order valence-corrected chi connectivity index (χ1v) is 9.65. The molecule has 1 amide bonds. The first kappa shape index (κ1) is 17.4. The van der Waals surface area contributed by atoms with Crippen LogP contribution in [0.3, 0.4) is 0 Å². The van der Waals surface area contributed by atoms with Crippen LogP contribution in [0, 0.1) is 0 Å². The molecule has 0 aliphatic carbocycles. The third kappa shape index (κ3) is 3.10. The van der Waals surface area contributed by atoms with Crippen LogP contribution in [0.5, 0.6) is 0 Å². The topological polar surface area (TPSA) is 55.2 Å². The standard InChI is InChI=1S/C24H19N3O2/c28-23-13-12-21(20-10-5-8-17-6-1-3-9-19(17)20)25-27(23)16-24(29)26-15-14-18-7-2-4-11-22(18)26/h1-13H,14-16H2. The van der Waals surface area contributed by atoms with Crippen molar-refractivity contribution < 1.29 is 4.79 Å². The summed E-state index contributed by atoms with van der Waals surface area (Å²) >= 11 is 0. The molecule has 1 aliphatic heterocycles. The van der Waals surface area contributed by atoms with Gasteiger partial charge in [-0.05, 0) is 34.9 Å². The van der Waals surface area contributed by atoms with Crippen LogP contribution in [-0.4, -0.2) is 22.2 Å². The second-order valence-electron chi connectivity index (χ2n) is 7.17.